The first kappa shape index (κ1) is 10.9. The van der Waals surface area contributed by atoms with Gasteiger partial charge in [-0.3, -0.25) is 0 Å². The summed E-state index contributed by atoms with van der Waals surface area (Å²) in [5.74, 6) is 1.74. The maximum absolute atomic E-state index is 5.80. The van der Waals surface area contributed by atoms with E-state index in [1.165, 1.54) is 11.1 Å². The quantitative estimate of drug-likeness (QED) is 0.819. The number of methoxy groups -OCH3 is 1. The minimum absolute atomic E-state index is 0.778. The first-order valence-electron chi connectivity index (χ1n) is 5.88. The monoisotopic (exact) mass is 241 g/mol. The Morgan fingerprint density at radius 1 is 1.17 bits per heavy atom. The number of hydrogen-bond donors (Lipinski definition) is 1. The Balaban J connectivity index is 1.84. The first-order chi connectivity index (χ1) is 8.76. The third-order valence-electron chi connectivity index (χ3n) is 3.23. The van der Waals surface area contributed by atoms with Crippen LogP contribution in [0.3, 0.4) is 0 Å². The molecule has 0 bridgehead atoms. The van der Waals surface area contributed by atoms with E-state index in [4.69, 9.17) is 10.5 Å². The predicted molar refractivity (Wildman–Crippen MR) is 71.5 cm³/mol. The van der Waals surface area contributed by atoms with Crippen LogP contribution in [0, 0.1) is 0 Å². The molecule has 0 aliphatic carbocycles. The highest BCUT2D eigenvalue weighted by atomic mass is 16.5. The lowest BCUT2D eigenvalue weighted by Gasteiger charge is -2.16. The molecule has 1 aromatic carbocycles. The van der Waals surface area contributed by atoms with Crippen molar-refractivity contribution in [3.63, 3.8) is 0 Å². The van der Waals surface area contributed by atoms with Gasteiger partial charge in [-0.05, 0) is 35.4 Å². The second-order valence-electron chi connectivity index (χ2n) is 4.44. The van der Waals surface area contributed by atoms with Gasteiger partial charge in [0.15, 0.2) is 0 Å². The second kappa shape index (κ2) is 4.22. The molecule has 0 radical (unpaired) electrons. The lowest BCUT2D eigenvalue weighted by atomic mass is 10.1. The normalized spacial score (nSPS) is 13.5. The Morgan fingerprint density at radius 3 is 2.72 bits per heavy atom. The summed E-state index contributed by atoms with van der Waals surface area (Å²) in [5, 5.41) is 0. The van der Waals surface area contributed by atoms with Gasteiger partial charge in [-0.2, -0.15) is 0 Å². The standard InChI is InChI=1S/C14H15N3O/c1-18-13-4-5-14(16-7-13)17-8-10-2-3-12(15)6-11(10)9-17/h2-7H,8-9,15H2,1H3. The van der Waals surface area contributed by atoms with E-state index in [-0.39, 0.29) is 0 Å². The molecule has 0 spiro atoms. The van der Waals surface area contributed by atoms with E-state index in [9.17, 15) is 0 Å². The van der Waals surface area contributed by atoms with Gasteiger partial charge in [-0.1, -0.05) is 6.07 Å². The summed E-state index contributed by atoms with van der Waals surface area (Å²) in [4.78, 5) is 6.63. The Kier molecular flexibility index (Phi) is 2.55. The molecular weight excluding hydrogens is 226 g/mol. The summed E-state index contributed by atoms with van der Waals surface area (Å²) >= 11 is 0. The number of fused-ring (bicyclic) bond motifs is 1. The fourth-order valence-electron chi connectivity index (χ4n) is 2.26. The van der Waals surface area contributed by atoms with Crippen LogP contribution in [0.5, 0.6) is 5.75 Å². The van der Waals surface area contributed by atoms with Crippen molar-refractivity contribution >= 4 is 11.5 Å². The summed E-state index contributed by atoms with van der Waals surface area (Å²) in [6.07, 6.45) is 1.74. The maximum Gasteiger partial charge on any atom is 0.137 e. The van der Waals surface area contributed by atoms with Crippen molar-refractivity contribution in [2.24, 2.45) is 0 Å². The molecule has 2 aromatic rings. The number of hydrogen-bond acceptors (Lipinski definition) is 4. The number of rotatable bonds is 2. The van der Waals surface area contributed by atoms with Crippen LogP contribution in [0.25, 0.3) is 0 Å². The molecule has 0 amide bonds. The molecule has 4 heteroatoms. The van der Waals surface area contributed by atoms with Crippen molar-refractivity contribution < 1.29 is 4.74 Å². The highest BCUT2D eigenvalue weighted by Crippen LogP contribution is 2.28. The lowest BCUT2D eigenvalue weighted by Crippen LogP contribution is -2.15. The van der Waals surface area contributed by atoms with Crippen LogP contribution in [0.1, 0.15) is 11.1 Å². The van der Waals surface area contributed by atoms with Crippen LogP contribution in [-0.2, 0) is 13.1 Å². The molecule has 1 aliphatic heterocycles. The van der Waals surface area contributed by atoms with Crippen LogP contribution in [0.4, 0.5) is 11.5 Å². The molecule has 0 saturated carbocycles. The minimum Gasteiger partial charge on any atom is -0.495 e. The predicted octanol–water partition coefficient (Wildman–Crippen LogP) is 2.19. The van der Waals surface area contributed by atoms with Gasteiger partial charge < -0.3 is 15.4 Å². The van der Waals surface area contributed by atoms with Crippen LogP contribution < -0.4 is 15.4 Å². The number of anilines is 2. The fourth-order valence-corrected chi connectivity index (χ4v) is 2.26. The third kappa shape index (κ3) is 1.86. The van der Waals surface area contributed by atoms with Crippen molar-refractivity contribution in [2.45, 2.75) is 13.1 Å². The maximum atomic E-state index is 5.80. The van der Waals surface area contributed by atoms with Crippen LogP contribution in [0.15, 0.2) is 36.5 Å². The molecule has 0 unspecified atom stereocenters. The SMILES string of the molecule is COc1ccc(N2Cc3ccc(N)cc3C2)nc1. The number of benzene rings is 1. The topological polar surface area (TPSA) is 51.4 Å². The summed E-state index contributed by atoms with van der Waals surface area (Å²) in [5.41, 5.74) is 9.23. The Morgan fingerprint density at radius 2 is 2.00 bits per heavy atom. The van der Waals surface area contributed by atoms with Gasteiger partial charge >= 0.3 is 0 Å². The van der Waals surface area contributed by atoms with Crippen molar-refractivity contribution in [1.29, 1.82) is 0 Å². The summed E-state index contributed by atoms with van der Waals surface area (Å²) in [6, 6.07) is 9.99. The molecule has 1 aliphatic rings. The lowest BCUT2D eigenvalue weighted by molar-refractivity contribution is 0.413. The molecule has 3 rings (SSSR count). The van der Waals surface area contributed by atoms with Gasteiger partial charge in [0, 0.05) is 18.8 Å². The van der Waals surface area contributed by atoms with Crippen LogP contribution >= 0.6 is 0 Å². The van der Waals surface area contributed by atoms with Gasteiger partial charge in [0.1, 0.15) is 11.6 Å². The van der Waals surface area contributed by atoms with E-state index < -0.39 is 0 Å². The van der Waals surface area contributed by atoms with E-state index in [2.05, 4.69) is 16.0 Å². The molecule has 2 N–H and O–H groups in total. The smallest absolute Gasteiger partial charge is 0.137 e. The summed E-state index contributed by atoms with van der Waals surface area (Å²) < 4.78 is 5.11. The van der Waals surface area contributed by atoms with E-state index in [1.54, 1.807) is 13.3 Å². The second-order valence-corrected chi connectivity index (χ2v) is 4.44. The number of nitrogen functional groups attached to an aromatic ring is 1. The molecular formula is C14H15N3O. The van der Waals surface area contributed by atoms with Gasteiger partial charge in [-0.15, -0.1) is 0 Å². The molecule has 18 heavy (non-hydrogen) atoms. The van der Waals surface area contributed by atoms with Gasteiger partial charge in [0.2, 0.25) is 0 Å². The fraction of sp³-hybridized carbons (Fsp3) is 0.214. The number of nitrogens with zero attached hydrogens (tertiary/aromatic N) is 2. The zero-order valence-corrected chi connectivity index (χ0v) is 10.3. The Hall–Kier alpha value is -2.23. The largest absolute Gasteiger partial charge is 0.495 e. The average molecular weight is 241 g/mol. The Labute approximate surface area is 106 Å². The van der Waals surface area contributed by atoms with Crippen molar-refractivity contribution in [3.05, 3.63) is 47.7 Å². The van der Waals surface area contributed by atoms with E-state index >= 15 is 0 Å². The first-order valence-corrected chi connectivity index (χ1v) is 5.88. The number of pyridine rings is 1. The van der Waals surface area contributed by atoms with Crippen molar-refractivity contribution in [2.75, 3.05) is 17.7 Å². The summed E-state index contributed by atoms with van der Waals surface area (Å²) in [6.45, 7) is 1.74. The average Bonchev–Trinajstić information content (AvgIpc) is 2.81. The number of nitrogens with two attached hydrogens (primary N) is 1. The zero-order valence-electron chi connectivity index (χ0n) is 10.3. The van der Waals surface area contributed by atoms with Crippen molar-refractivity contribution in [1.82, 2.24) is 4.98 Å². The highest BCUT2D eigenvalue weighted by molar-refractivity contribution is 5.52. The van der Waals surface area contributed by atoms with E-state index in [1.807, 2.05) is 24.3 Å². The van der Waals surface area contributed by atoms with Gasteiger partial charge in [-0.25, -0.2) is 4.98 Å². The van der Waals surface area contributed by atoms with E-state index in [0.717, 1.165) is 30.3 Å². The number of ether oxygens (including phenoxy) is 1. The van der Waals surface area contributed by atoms with Crippen LogP contribution in [-0.4, -0.2) is 12.1 Å². The molecule has 92 valence electrons. The molecule has 0 atom stereocenters. The molecule has 4 nitrogen and oxygen atoms in total. The Bertz CT molecular complexity index is 566. The van der Waals surface area contributed by atoms with E-state index in [0.29, 0.717) is 0 Å². The molecule has 2 heterocycles. The van der Waals surface area contributed by atoms with Gasteiger partial charge in [0.05, 0.1) is 13.3 Å². The van der Waals surface area contributed by atoms with Crippen molar-refractivity contribution in [3.8, 4) is 5.75 Å². The minimum atomic E-state index is 0.778. The van der Waals surface area contributed by atoms with Gasteiger partial charge in [0.25, 0.3) is 0 Å². The summed E-state index contributed by atoms with van der Waals surface area (Å²) in [7, 11) is 1.64. The third-order valence-corrected chi connectivity index (χ3v) is 3.23. The molecule has 1 aromatic heterocycles. The highest BCUT2D eigenvalue weighted by Gasteiger charge is 2.19. The molecule has 0 saturated heterocycles. The molecule has 0 fully saturated rings. The zero-order chi connectivity index (χ0) is 12.5. The number of aromatic nitrogens is 1. The van der Waals surface area contributed by atoms with Crippen LogP contribution in [0.2, 0.25) is 0 Å².